The molecule has 3 heterocycles. The van der Waals surface area contributed by atoms with Gasteiger partial charge in [0.25, 0.3) is 0 Å². The number of rotatable bonds is 7. The summed E-state index contributed by atoms with van der Waals surface area (Å²) in [4.78, 5) is 53.2. The van der Waals surface area contributed by atoms with E-state index in [1.54, 1.807) is 22.8 Å². The molecule has 13 heteroatoms. The predicted molar refractivity (Wildman–Crippen MR) is 150 cm³/mol. The number of fused-ring (bicyclic) bond motifs is 1. The van der Waals surface area contributed by atoms with Crippen molar-refractivity contribution in [3.05, 3.63) is 63.9 Å². The quantitative estimate of drug-likeness (QED) is 0.431. The average molecular weight is 582 g/mol. The number of carboxylic acid groups (broad SMARTS) is 1. The summed E-state index contributed by atoms with van der Waals surface area (Å²) in [5.41, 5.74) is 6.09. The van der Waals surface area contributed by atoms with Crippen molar-refractivity contribution in [3.63, 3.8) is 0 Å². The van der Waals surface area contributed by atoms with Crippen molar-refractivity contribution in [1.82, 2.24) is 4.57 Å². The largest absolute Gasteiger partial charge is 0.477 e. The Labute approximate surface area is 238 Å². The fourth-order valence-electron chi connectivity index (χ4n) is 5.66. The Hall–Kier alpha value is -4.52. The number of aromatic carboxylic acids is 1. The normalized spacial score (nSPS) is 19.8. The smallest absolute Gasteiger partial charge is 0.414 e. The second kappa shape index (κ2) is 10.4. The number of halogens is 2. The maximum atomic E-state index is 15.3. The zero-order valence-electron chi connectivity index (χ0n) is 22.8. The minimum absolute atomic E-state index is 0.0281. The van der Waals surface area contributed by atoms with Gasteiger partial charge in [-0.3, -0.25) is 14.5 Å². The summed E-state index contributed by atoms with van der Waals surface area (Å²) < 4.78 is 37.5. The van der Waals surface area contributed by atoms with Crippen LogP contribution in [0.15, 0.2) is 41.3 Å². The molecule has 6 rings (SSSR count). The molecular weight excluding hydrogens is 552 g/mol. The number of hydrogen-bond acceptors (Lipinski definition) is 8. The molecule has 1 aliphatic carbocycles. The number of carbonyl (C=O) groups excluding carboxylic acids is 2. The first-order valence-electron chi connectivity index (χ1n) is 13.7. The highest BCUT2D eigenvalue weighted by atomic mass is 19.1. The lowest BCUT2D eigenvalue weighted by Crippen LogP contribution is -2.47. The number of nitrogens with two attached hydrogens (primary N) is 1. The Kier molecular flexibility index (Phi) is 6.84. The molecule has 1 unspecified atom stereocenters. The number of anilines is 3. The van der Waals surface area contributed by atoms with Crippen LogP contribution in [-0.4, -0.2) is 72.4 Å². The molecule has 0 spiro atoms. The van der Waals surface area contributed by atoms with Crippen molar-refractivity contribution in [2.75, 3.05) is 47.4 Å². The molecule has 1 aromatic heterocycles. The molecule has 3 N–H and O–H groups in total. The van der Waals surface area contributed by atoms with Gasteiger partial charge in [0.1, 0.15) is 35.1 Å². The van der Waals surface area contributed by atoms with E-state index in [-0.39, 0.29) is 35.0 Å². The number of carboxylic acids is 1. The van der Waals surface area contributed by atoms with Crippen LogP contribution in [0.1, 0.15) is 36.2 Å². The van der Waals surface area contributed by atoms with Crippen molar-refractivity contribution in [2.24, 2.45) is 5.73 Å². The van der Waals surface area contributed by atoms with Crippen LogP contribution in [0.4, 0.5) is 30.6 Å². The van der Waals surface area contributed by atoms with Crippen molar-refractivity contribution in [2.45, 2.75) is 38.0 Å². The summed E-state index contributed by atoms with van der Waals surface area (Å²) in [5.74, 6) is -2.84. The van der Waals surface area contributed by atoms with E-state index < -0.39 is 41.3 Å². The predicted octanol–water partition coefficient (Wildman–Crippen LogP) is 2.88. The standard InChI is InChI=1S/C29H29F2N5O6/c1-15(37)26(32)25-14-36(29(41)42-25)17-4-5-22(20(30)10-17)33-6-8-34(9-7-33)24-12-23-18(11-21(24)31)27(38)19(28(39)40)13-35(23)16-2-3-16/h4-5,10-13,16,25-26H,2-3,6-9,14,32H2,1H3,(H,39,40)/t25?,26-/m1/s1. The monoisotopic (exact) mass is 581 g/mol. The number of hydrogen-bond donors (Lipinski definition) is 2. The Bertz CT molecular complexity index is 1680. The number of piperazine rings is 1. The summed E-state index contributed by atoms with van der Waals surface area (Å²) in [6.45, 7) is 2.83. The SMILES string of the molecule is CC(=O)[C@@H](N)C1CN(c2ccc(N3CCN(c4cc5c(cc4F)c(=O)c(C(=O)O)cn5C4CC4)CC3)c(F)c2)C(=O)O1. The van der Waals surface area contributed by atoms with E-state index in [2.05, 4.69) is 0 Å². The fourth-order valence-corrected chi connectivity index (χ4v) is 5.66. The maximum Gasteiger partial charge on any atom is 0.414 e. The molecule has 1 saturated carbocycles. The Morgan fingerprint density at radius 2 is 1.64 bits per heavy atom. The van der Waals surface area contributed by atoms with E-state index in [4.69, 9.17) is 10.5 Å². The summed E-state index contributed by atoms with van der Waals surface area (Å²) in [6, 6.07) is 6.20. The molecule has 0 radical (unpaired) electrons. The van der Waals surface area contributed by atoms with Crippen molar-refractivity contribution >= 4 is 45.8 Å². The summed E-state index contributed by atoms with van der Waals surface area (Å²) in [6.07, 6.45) is 1.51. The summed E-state index contributed by atoms with van der Waals surface area (Å²) in [7, 11) is 0. The molecule has 11 nitrogen and oxygen atoms in total. The lowest BCUT2D eigenvalue weighted by atomic mass is 10.1. The number of ether oxygens (including phenoxy) is 1. The fraction of sp³-hybridized carbons (Fsp3) is 0.379. The van der Waals surface area contributed by atoms with E-state index in [9.17, 15) is 24.3 Å². The van der Waals surface area contributed by atoms with E-state index in [1.165, 1.54) is 24.1 Å². The molecular formula is C29H29F2N5O6. The number of nitrogens with zero attached hydrogens (tertiary/aromatic N) is 4. The molecule has 0 bridgehead atoms. The van der Waals surface area contributed by atoms with Crippen LogP contribution in [0, 0.1) is 11.6 Å². The third kappa shape index (κ3) is 4.83. The number of carbonyl (C=O) groups is 3. The molecule has 2 saturated heterocycles. The topological polar surface area (TPSA) is 138 Å². The average Bonchev–Trinajstić information content (AvgIpc) is 3.73. The molecule has 2 atom stereocenters. The molecule has 3 fully saturated rings. The van der Waals surface area contributed by atoms with Gasteiger partial charge in [-0.15, -0.1) is 0 Å². The van der Waals surface area contributed by atoms with Crippen LogP contribution in [-0.2, 0) is 9.53 Å². The first-order valence-corrected chi connectivity index (χ1v) is 13.7. The second-order valence-corrected chi connectivity index (χ2v) is 10.9. The van der Waals surface area contributed by atoms with Crippen LogP contribution in [0.5, 0.6) is 0 Å². The van der Waals surface area contributed by atoms with E-state index >= 15 is 8.78 Å². The Balaban J connectivity index is 1.19. The minimum atomic E-state index is -1.35. The molecule has 42 heavy (non-hydrogen) atoms. The van der Waals surface area contributed by atoms with Gasteiger partial charge in [-0.2, -0.15) is 0 Å². The lowest BCUT2D eigenvalue weighted by molar-refractivity contribution is -0.120. The number of aromatic nitrogens is 1. The van der Waals surface area contributed by atoms with Gasteiger partial charge >= 0.3 is 12.1 Å². The number of ketones is 1. The number of amides is 1. The number of pyridine rings is 1. The Morgan fingerprint density at radius 1 is 1.00 bits per heavy atom. The Morgan fingerprint density at radius 3 is 2.24 bits per heavy atom. The zero-order valence-corrected chi connectivity index (χ0v) is 22.8. The van der Waals surface area contributed by atoms with Gasteiger partial charge < -0.3 is 29.9 Å². The van der Waals surface area contributed by atoms with Crippen LogP contribution >= 0.6 is 0 Å². The van der Waals surface area contributed by atoms with Gasteiger partial charge in [0, 0.05) is 43.8 Å². The van der Waals surface area contributed by atoms with Gasteiger partial charge in [0.15, 0.2) is 0 Å². The number of Topliss-reactive ketones (excluding diaryl/α,β-unsaturated/α-hetero) is 1. The van der Waals surface area contributed by atoms with Gasteiger partial charge in [0.05, 0.1) is 29.1 Å². The number of benzene rings is 2. The van der Waals surface area contributed by atoms with E-state index in [1.807, 2.05) is 9.80 Å². The van der Waals surface area contributed by atoms with Gasteiger partial charge in [0.2, 0.25) is 5.43 Å². The van der Waals surface area contributed by atoms with Crippen LogP contribution in [0.25, 0.3) is 10.9 Å². The first kappa shape index (κ1) is 27.6. The highest BCUT2D eigenvalue weighted by molar-refractivity contribution is 5.94. The third-order valence-electron chi connectivity index (χ3n) is 8.18. The third-order valence-corrected chi connectivity index (χ3v) is 8.18. The van der Waals surface area contributed by atoms with Crippen molar-refractivity contribution in [3.8, 4) is 0 Å². The van der Waals surface area contributed by atoms with Crippen molar-refractivity contribution < 1.29 is 33.0 Å². The van der Waals surface area contributed by atoms with Crippen LogP contribution < -0.4 is 25.9 Å². The van der Waals surface area contributed by atoms with Gasteiger partial charge in [-0.1, -0.05) is 0 Å². The van der Waals surface area contributed by atoms with Crippen LogP contribution in [0.3, 0.4) is 0 Å². The summed E-state index contributed by atoms with van der Waals surface area (Å²) in [5, 5.41) is 9.49. The zero-order chi connectivity index (χ0) is 29.9. The second-order valence-electron chi connectivity index (χ2n) is 10.9. The molecule has 1 amide bonds. The maximum absolute atomic E-state index is 15.3. The number of cyclic esters (lactones) is 1. The molecule has 3 aliphatic rings. The molecule has 2 aliphatic heterocycles. The molecule has 3 aromatic rings. The van der Waals surface area contributed by atoms with Gasteiger partial charge in [-0.05, 0) is 50.1 Å². The lowest BCUT2D eigenvalue weighted by Gasteiger charge is -2.37. The molecule has 2 aromatic carbocycles. The van der Waals surface area contributed by atoms with E-state index in [0.717, 1.165) is 18.9 Å². The highest BCUT2D eigenvalue weighted by Gasteiger charge is 2.38. The van der Waals surface area contributed by atoms with E-state index in [0.29, 0.717) is 43.1 Å². The highest BCUT2D eigenvalue weighted by Crippen LogP contribution is 2.38. The minimum Gasteiger partial charge on any atom is -0.477 e. The first-order chi connectivity index (χ1) is 20.0. The van der Waals surface area contributed by atoms with Gasteiger partial charge in [-0.25, -0.2) is 18.4 Å². The molecule has 220 valence electrons. The van der Waals surface area contributed by atoms with Crippen molar-refractivity contribution in [1.29, 1.82) is 0 Å². The summed E-state index contributed by atoms with van der Waals surface area (Å²) >= 11 is 0. The van der Waals surface area contributed by atoms with Crippen LogP contribution in [0.2, 0.25) is 0 Å².